The maximum absolute atomic E-state index is 11.8. The van der Waals surface area contributed by atoms with Crippen LogP contribution in [0.4, 0.5) is 16.6 Å². The number of piperidine rings is 1. The number of fused-ring (bicyclic) bond motifs is 1. The van der Waals surface area contributed by atoms with E-state index in [1.165, 1.54) is 7.11 Å². The van der Waals surface area contributed by atoms with Gasteiger partial charge in [0.1, 0.15) is 16.8 Å². The monoisotopic (exact) mass is 542 g/mol. The second kappa shape index (κ2) is 16.5. The van der Waals surface area contributed by atoms with E-state index in [4.69, 9.17) is 19.6 Å². The smallest absolute Gasteiger partial charge is 0.413 e. The van der Waals surface area contributed by atoms with Crippen molar-refractivity contribution in [2.24, 2.45) is 0 Å². The molecule has 0 saturated carbocycles. The van der Waals surface area contributed by atoms with Crippen LogP contribution < -0.4 is 20.7 Å². The van der Waals surface area contributed by atoms with Crippen molar-refractivity contribution in [1.82, 2.24) is 30.0 Å². The van der Waals surface area contributed by atoms with Crippen molar-refractivity contribution >= 4 is 28.9 Å². The number of aromatic nitrogens is 5. The summed E-state index contributed by atoms with van der Waals surface area (Å²) in [6, 6.07) is 2.05. The number of carbonyl (C=O) groups excluding carboxylic acids is 1. The lowest BCUT2D eigenvalue weighted by Crippen LogP contribution is -2.27. The Bertz CT molecular complexity index is 1180. The normalized spacial score (nSPS) is 13.0. The van der Waals surface area contributed by atoms with E-state index in [9.17, 15) is 4.79 Å². The third-order valence-electron chi connectivity index (χ3n) is 6.24. The minimum atomic E-state index is -0.626. The summed E-state index contributed by atoms with van der Waals surface area (Å²) in [6.45, 7) is 15.2. The van der Waals surface area contributed by atoms with E-state index in [0.717, 1.165) is 73.5 Å². The molecule has 0 radical (unpaired) electrons. The van der Waals surface area contributed by atoms with Crippen LogP contribution in [0.3, 0.4) is 0 Å². The summed E-state index contributed by atoms with van der Waals surface area (Å²) in [5.41, 5.74) is 4.14. The molecule has 216 valence electrons. The number of pyridine rings is 1. The van der Waals surface area contributed by atoms with Crippen molar-refractivity contribution < 1.29 is 14.3 Å². The van der Waals surface area contributed by atoms with Gasteiger partial charge in [0.05, 0.1) is 26.5 Å². The maximum Gasteiger partial charge on any atom is 0.413 e. The number of carbonyl (C=O) groups is 1. The molecule has 3 aromatic heterocycles. The molecule has 0 aromatic carbocycles. The topological polar surface area (TPSA) is 128 Å². The number of aryl methyl sites for hydroxylation is 1. The number of nitrogens with one attached hydrogen (secondary N) is 3. The van der Waals surface area contributed by atoms with E-state index in [1.54, 1.807) is 7.11 Å². The molecule has 11 nitrogen and oxygen atoms in total. The van der Waals surface area contributed by atoms with Gasteiger partial charge in [0.15, 0.2) is 5.82 Å². The average molecular weight is 543 g/mol. The first-order valence-corrected chi connectivity index (χ1v) is 14.1. The highest BCUT2D eigenvalue weighted by molar-refractivity contribution is 5.91. The van der Waals surface area contributed by atoms with Crippen LogP contribution in [0, 0.1) is 6.92 Å². The summed E-state index contributed by atoms with van der Waals surface area (Å²) in [4.78, 5) is 25.6. The molecule has 1 fully saturated rings. The Balaban J connectivity index is 0.00000127. The van der Waals surface area contributed by atoms with Gasteiger partial charge in [0, 0.05) is 36.0 Å². The number of rotatable bonds is 9. The lowest BCUT2D eigenvalue weighted by atomic mass is 9.93. The zero-order valence-corrected chi connectivity index (χ0v) is 24.8. The summed E-state index contributed by atoms with van der Waals surface area (Å²) in [5.74, 6) is 2.00. The molecule has 0 aliphatic carbocycles. The summed E-state index contributed by atoms with van der Waals surface area (Å²) in [5, 5.41) is 14.1. The van der Waals surface area contributed by atoms with Gasteiger partial charge in [-0.3, -0.25) is 15.0 Å². The van der Waals surface area contributed by atoms with Crippen molar-refractivity contribution in [3.8, 4) is 5.75 Å². The molecular formula is C28H46N8O3. The fourth-order valence-electron chi connectivity index (χ4n) is 4.34. The van der Waals surface area contributed by atoms with E-state index in [2.05, 4.69) is 38.9 Å². The van der Waals surface area contributed by atoms with Crippen LogP contribution in [0.1, 0.15) is 83.2 Å². The Morgan fingerprint density at radius 1 is 1.15 bits per heavy atom. The average Bonchev–Trinajstić information content (AvgIpc) is 3.30. The van der Waals surface area contributed by atoms with Crippen LogP contribution in [0.2, 0.25) is 0 Å². The number of amides is 1. The van der Waals surface area contributed by atoms with E-state index in [1.807, 2.05) is 45.5 Å². The molecule has 3 N–H and O–H groups in total. The van der Waals surface area contributed by atoms with Gasteiger partial charge in [-0.25, -0.2) is 9.78 Å². The summed E-state index contributed by atoms with van der Waals surface area (Å²) in [6.07, 6.45) is 5.43. The number of ether oxygens (including phenoxy) is 2. The molecule has 0 bridgehead atoms. The van der Waals surface area contributed by atoms with Crippen molar-refractivity contribution in [3.05, 3.63) is 29.2 Å². The third kappa shape index (κ3) is 8.26. The molecular weight excluding hydrogens is 496 g/mol. The first-order valence-electron chi connectivity index (χ1n) is 14.1. The molecule has 11 heteroatoms. The fourth-order valence-corrected chi connectivity index (χ4v) is 4.34. The Labute approximate surface area is 232 Å². The van der Waals surface area contributed by atoms with Crippen LogP contribution in [-0.2, 0) is 11.3 Å². The molecule has 0 spiro atoms. The number of nitrogens with zero attached hydrogens (tertiary/aromatic N) is 5. The lowest BCUT2D eigenvalue weighted by Gasteiger charge is -2.23. The highest BCUT2D eigenvalue weighted by Crippen LogP contribution is 2.30. The Morgan fingerprint density at radius 2 is 1.87 bits per heavy atom. The van der Waals surface area contributed by atoms with E-state index in [0.29, 0.717) is 23.8 Å². The maximum atomic E-state index is 11.8. The fraction of sp³-hybridized carbons (Fsp3) is 0.607. The molecule has 39 heavy (non-hydrogen) atoms. The highest BCUT2D eigenvalue weighted by Gasteiger charge is 2.21. The SMILES string of the molecule is CC.CC.CCCCNc1nc(NC(=O)OC)nc2c(C)nn(Cc3cnc(C4CCNCC4)cc3OC)c12. The molecule has 0 unspecified atom stereocenters. The predicted molar refractivity (Wildman–Crippen MR) is 157 cm³/mol. The van der Waals surface area contributed by atoms with Gasteiger partial charge in [-0.05, 0) is 39.3 Å². The molecule has 3 aromatic rings. The second-order valence-electron chi connectivity index (χ2n) is 8.68. The van der Waals surface area contributed by atoms with Gasteiger partial charge >= 0.3 is 6.09 Å². The quantitative estimate of drug-likeness (QED) is 0.300. The van der Waals surface area contributed by atoms with Crippen LogP contribution >= 0.6 is 0 Å². The molecule has 1 amide bonds. The van der Waals surface area contributed by atoms with Crippen molar-refractivity contribution in [2.75, 3.05) is 44.5 Å². The molecule has 4 rings (SSSR count). The Hall–Kier alpha value is -3.47. The minimum Gasteiger partial charge on any atom is -0.496 e. The second-order valence-corrected chi connectivity index (χ2v) is 8.68. The molecule has 1 saturated heterocycles. The van der Waals surface area contributed by atoms with Gasteiger partial charge in [0.25, 0.3) is 0 Å². The number of hydrogen-bond donors (Lipinski definition) is 3. The van der Waals surface area contributed by atoms with Gasteiger partial charge in [0.2, 0.25) is 5.95 Å². The van der Waals surface area contributed by atoms with Crippen LogP contribution in [-0.4, -0.2) is 64.7 Å². The van der Waals surface area contributed by atoms with Crippen molar-refractivity contribution in [2.45, 2.75) is 79.7 Å². The Morgan fingerprint density at radius 3 is 2.51 bits per heavy atom. The van der Waals surface area contributed by atoms with E-state index < -0.39 is 6.09 Å². The number of methoxy groups -OCH3 is 2. The largest absolute Gasteiger partial charge is 0.496 e. The van der Waals surface area contributed by atoms with E-state index >= 15 is 0 Å². The molecule has 1 aliphatic heterocycles. The zero-order chi connectivity index (χ0) is 28.8. The van der Waals surface area contributed by atoms with Crippen molar-refractivity contribution in [3.63, 3.8) is 0 Å². The minimum absolute atomic E-state index is 0.163. The highest BCUT2D eigenvalue weighted by atomic mass is 16.5. The van der Waals surface area contributed by atoms with Crippen LogP contribution in [0.25, 0.3) is 11.0 Å². The van der Waals surface area contributed by atoms with E-state index in [-0.39, 0.29) is 5.95 Å². The molecule has 4 heterocycles. The van der Waals surface area contributed by atoms with Gasteiger partial charge in [-0.2, -0.15) is 10.1 Å². The zero-order valence-electron chi connectivity index (χ0n) is 24.8. The van der Waals surface area contributed by atoms with Crippen LogP contribution in [0.15, 0.2) is 12.3 Å². The van der Waals surface area contributed by atoms with Crippen molar-refractivity contribution in [1.29, 1.82) is 0 Å². The standard InChI is InChI=1S/C24H34N8O3.2C2H6/c1-5-6-9-26-22-21-20(28-23(29-22)30-24(33)35-4)15(2)31-32(21)14-17-13-27-18(12-19(17)34-3)16-7-10-25-11-8-16;2*1-2/h12-13,16,25H,5-11,14H2,1-4H3,(H2,26,28,29,30,33);2*1-2H3. The molecule has 0 atom stereocenters. The first-order chi connectivity index (χ1) is 19.0. The Kier molecular flexibility index (Phi) is 13.4. The van der Waals surface area contributed by atoms with Gasteiger partial charge in [-0.15, -0.1) is 0 Å². The number of anilines is 2. The summed E-state index contributed by atoms with van der Waals surface area (Å²) >= 11 is 0. The number of unbranched alkanes of at least 4 members (excludes halogenated alkanes) is 1. The number of hydrogen-bond acceptors (Lipinski definition) is 9. The summed E-state index contributed by atoms with van der Waals surface area (Å²) in [7, 11) is 2.98. The molecule has 1 aliphatic rings. The lowest BCUT2D eigenvalue weighted by molar-refractivity contribution is 0.186. The van der Waals surface area contributed by atoms with Gasteiger partial charge < -0.3 is 20.1 Å². The predicted octanol–water partition coefficient (Wildman–Crippen LogP) is 5.50. The first kappa shape index (κ1) is 31.7. The van der Waals surface area contributed by atoms with Gasteiger partial charge in [-0.1, -0.05) is 41.0 Å². The third-order valence-corrected chi connectivity index (χ3v) is 6.24. The summed E-state index contributed by atoms with van der Waals surface area (Å²) < 4.78 is 12.3. The van der Waals surface area contributed by atoms with Crippen LogP contribution in [0.5, 0.6) is 5.75 Å².